The molecule has 0 aromatic heterocycles. The van der Waals surface area contributed by atoms with Gasteiger partial charge >= 0.3 is 0 Å². The Kier molecular flexibility index (Phi) is 7.98. The second-order valence-corrected chi connectivity index (χ2v) is 4.76. The molecule has 1 aromatic rings. The lowest BCUT2D eigenvalue weighted by Gasteiger charge is -2.22. The van der Waals surface area contributed by atoms with E-state index in [9.17, 15) is 4.39 Å². The number of halogens is 2. The van der Waals surface area contributed by atoms with Gasteiger partial charge in [-0.05, 0) is 24.1 Å². The van der Waals surface area contributed by atoms with Gasteiger partial charge in [0.15, 0.2) is 0 Å². The minimum absolute atomic E-state index is 0.309. The van der Waals surface area contributed by atoms with Crippen molar-refractivity contribution in [3.8, 4) is 0 Å². The van der Waals surface area contributed by atoms with Crippen LogP contribution in [0.5, 0.6) is 0 Å². The van der Waals surface area contributed by atoms with Crippen molar-refractivity contribution in [3.05, 3.63) is 34.6 Å². The van der Waals surface area contributed by atoms with Gasteiger partial charge in [0.25, 0.3) is 0 Å². The van der Waals surface area contributed by atoms with E-state index in [2.05, 4.69) is 4.90 Å². The van der Waals surface area contributed by atoms with Crippen LogP contribution < -0.4 is 0 Å². The van der Waals surface area contributed by atoms with Crippen molar-refractivity contribution in [2.75, 3.05) is 40.5 Å². The fourth-order valence-corrected chi connectivity index (χ4v) is 2.04. The van der Waals surface area contributed by atoms with Crippen molar-refractivity contribution >= 4 is 11.6 Å². The zero-order chi connectivity index (χ0) is 14.1. The summed E-state index contributed by atoms with van der Waals surface area (Å²) in [6.07, 6.45) is 0.943. The molecule has 1 aromatic carbocycles. The van der Waals surface area contributed by atoms with Crippen LogP contribution in [0.1, 0.15) is 12.0 Å². The Hall–Kier alpha value is -0.680. The summed E-state index contributed by atoms with van der Waals surface area (Å²) in [6.45, 7) is 3.78. The predicted molar refractivity (Wildman–Crippen MR) is 75.1 cm³/mol. The van der Waals surface area contributed by atoms with E-state index in [0.29, 0.717) is 18.2 Å². The zero-order valence-corrected chi connectivity index (χ0v) is 12.3. The van der Waals surface area contributed by atoms with E-state index in [0.717, 1.165) is 31.7 Å². The second-order valence-electron chi connectivity index (χ2n) is 4.35. The van der Waals surface area contributed by atoms with Gasteiger partial charge in [0.05, 0.1) is 6.61 Å². The minimum atomic E-state index is -0.309. The summed E-state index contributed by atoms with van der Waals surface area (Å²) in [6, 6.07) is 4.51. The van der Waals surface area contributed by atoms with E-state index in [4.69, 9.17) is 21.1 Å². The SMILES string of the molecule is COCCCN(CCOC)Cc1ccc(F)cc1Cl. The molecule has 0 aliphatic heterocycles. The van der Waals surface area contributed by atoms with Crippen LogP contribution in [0.15, 0.2) is 18.2 Å². The third-order valence-corrected chi connectivity index (χ3v) is 3.20. The van der Waals surface area contributed by atoms with E-state index in [1.807, 2.05) is 0 Å². The molecule has 0 heterocycles. The lowest BCUT2D eigenvalue weighted by molar-refractivity contribution is 0.129. The number of nitrogens with zero attached hydrogens (tertiary/aromatic N) is 1. The lowest BCUT2D eigenvalue weighted by atomic mass is 10.2. The van der Waals surface area contributed by atoms with Crippen molar-refractivity contribution in [2.24, 2.45) is 0 Å². The van der Waals surface area contributed by atoms with Crippen molar-refractivity contribution in [1.29, 1.82) is 0 Å². The summed E-state index contributed by atoms with van der Waals surface area (Å²) in [7, 11) is 3.37. The first-order valence-corrected chi connectivity index (χ1v) is 6.69. The molecule has 0 amide bonds. The van der Waals surface area contributed by atoms with E-state index in [1.54, 1.807) is 20.3 Å². The number of benzene rings is 1. The second kappa shape index (κ2) is 9.26. The fourth-order valence-electron chi connectivity index (χ4n) is 1.81. The summed E-state index contributed by atoms with van der Waals surface area (Å²) in [5.74, 6) is -0.309. The molecule has 3 nitrogen and oxygen atoms in total. The van der Waals surface area contributed by atoms with Gasteiger partial charge in [0.2, 0.25) is 0 Å². The van der Waals surface area contributed by atoms with Crippen molar-refractivity contribution < 1.29 is 13.9 Å². The van der Waals surface area contributed by atoms with E-state index < -0.39 is 0 Å². The molecule has 1 rings (SSSR count). The van der Waals surface area contributed by atoms with Gasteiger partial charge in [-0.25, -0.2) is 4.39 Å². The summed E-state index contributed by atoms with van der Waals surface area (Å²) >= 11 is 6.05. The molecule has 108 valence electrons. The maximum Gasteiger partial charge on any atom is 0.124 e. The van der Waals surface area contributed by atoms with Crippen molar-refractivity contribution in [3.63, 3.8) is 0 Å². The van der Waals surface area contributed by atoms with Gasteiger partial charge in [0, 0.05) is 45.5 Å². The summed E-state index contributed by atoms with van der Waals surface area (Å²) in [5, 5.41) is 0.467. The molecular weight excluding hydrogens is 269 g/mol. The summed E-state index contributed by atoms with van der Waals surface area (Å²) < 4.78 is 23.2. The molecule has 0 saturated heterocycles. The molecular formula is C14H21ClFNO2. The highest BCUT2D eigenvalue weighted by Gasteiger charge is 2.09. The van der Waals surface area contributed by atoms with Crippen LogP contribution in [-0.4, -0.2) is 45.4 Å². The molecule has 5 heteroatoms. The largest absolute Gasteiger partial charge is 0.385 e. The van der Waals surface area contributed by atoms with Crippen LogP contribution in [-0.2, 0) is 16.0 Å². The topological polar surface area (TPSA) is 21.7 Å². The number of hydrogen-bond acceptors (Lipinski definition) is 3. The van der Waals surface area contributed by atoms with Crippen molar-refractivity contribution in [2.45, 2.75) is 13.0 Å². The van der Waals surface area contributed by atoms with E-state index in [1.165, 1.54) is 12.1 Å². The first kappa shape index (κ1) is 16.4. The number of ether oxygens (including phenoxy) is 2. The third-order valence-electron chi connectivity index (χ3n) is 2.84. The molecule has 0 bridgehead atoms. The third kappa shape index (κ3) is 6.34. The van der Waals surface area contributed by atoms with Gasteiger partial charge in [-0.1, -0.05) is 17.7 Å². The predicted octanol–water partition coefficient (Wildman–Crippen LogP) is 2.96. The van der Waals surface area contributed by atoms with E-state index in [-0.39, 0.29) is 5.82 Å². The Morgan fingerprint density at radius 2 is 1.89 bits per heavy atom. The fraction of sp³-hybridized carbons (Fsp3) is 0.571. The Labute approximate surface area is 119 Å². The van der Waals surface area contributed by atoms with Crippen LogP contribution in [0, 0.1) is 5.82 Å². The molecule has 0 atom stereocenters. The van der Waals surface area contributed by atoms with Crippen LogP contribution >= 0.6 is 11.6 Å². The molecule has 19 heavy (non-hydrogen) atoms. The highest BCUT2D eigenvalue weighted by Crippen LogP contribution is 2.19. The molecule has 0 saturated carbocycles. The highest BCUT2D eigenvalue weighted by molar-refractivity contribution is 6.31. The smallest absolute Gasteiger partial charge is 0.124 e. The summed E-state index contributed by atoms with van der Waals surface area (Å²) in [4.78, 5) is 2.22. The minimum Gasteiger partial charge on any atom is -0.385 e. The molecule has 0 fully saturated rings. The zero-order valence-electron chi connectivity index (χ0n) is 11.5. The van der Waals surface area contributed by atoms with Gasteiger partial charge in [-0.3, -0.25) is 4.90 Å². The van der Waals surface area contributed by atoms with E-state index >= 15 is 0 Å². The van der Waals surface area contributed by atoms with Gasteiger partial charge in [-0.15, -0.1) is 0 Å². The molecule has 0 unspecified atom stereocenters. The summed E-state index contributed by atoms with van der Waals surface area (Å²) in [5.41, 5.74) is 0.927. The van der Waals surface area contributed by atoms with Gasteiger partial charge < -0.3 is 9.47 Å². The Bertz CT molecular complexity index is 376. The molecule has 0 aliphatic rings. The number of rotatable bonds is 9. The molecule has 0 aliphatic carbocycles. The maximum absolute atomic E-state index is 13.0. The molecule has 0 spiro atoms. The first-order chi connectivity index (χ1) is 9.17. The van der Waals surface area contributed by atoms with Crippen LogP contribution in [0.25, 0.3) is 0 Å². The number of methoxy groups -OCH3 is 2. The van der Waals surface area contributed by atoms with Gasteiger partial charge in [0.1, 0.15) is 5.82 Å². The molecule has 0 radical (unpaired) electrons. The maximum atomic E-state index is 13.0. The first-order valence-electron chi connectivity index (χ1n) is 6.31. The monoisotopic (exact) mass is 289 g/mol. The van der Waals surface area contributed by atoms with Crippen LogP contribution in [0.3, 0.4) is 0 Å². The lowest BCUT2D eigenvalue weighted by Crippen LogP contribution is -2.29. The van der Waals surface area contributed by atoms with Gasteiger partial charge in [-0.2, -0.15) is 0 Å². The normalized spacial score (nSPS) is 11.2. The number of hydrogen-bond donors (Lipinski definition) is 0. The molecule has 0 N–H and O–H groups in total. The Morgan fingerprint density at radius 3 is 2.53 bits per heavy atom. The highest BCUT2D eigenvalue weighted by atomic mass is 35.5. The Balaban J connectivity index is 2.58. The van der Waals surface area contributed by atoms with Crippen molar-refractivity contribution in [1.82, 2.24) is 4.90 Å². The Morgan fingerprint density at radius 1 is 1.16 bits per heavy atom. The quantitative estimate of drug-likeness (QED) is 0.653. The standard InChI is InChI=1S/C14H21ClFNO2/c1-18-8-3-6-17(7-9-19-2)11-12-4-5-13(16)10-14(12)15/h4-5,10H,3,6-9,11H2,1-2H3. The average molecular weight is 290 g/mol. The van der Waals surface area contributed by atoms with Crippen LogP contribution in [0.4, 0.5) is 4.39 Å². The van der Waals surface area contributed by atoms with Crippen LogP contribution in [0.2, 0.25) is 5.02 Å². The average Bonchev–Trinajstić information content (AvgIpc) is 2.39.